The third-order valence-electron chi connectivity index (χ3n) is 5.17. The summed E-state index contributed by atoms with van der Waals surface area (Å²) in [5.74, 6) is -0.599. The molecule has 9 nitrogen and oxygen atoms in total. The molecular weight excluding hydrogens is 348 g/mol. The lowest BCUT2D eigenvalue weighted by Crippen LogP contribution is -2.12. The van der Waals surface area contributed by atoms with Crippen molar-refractivity contribution in [2.75, 3.05) is 0 Å². The highest BCUT2D eigenvalue weighted by Crippen LogP contribution is 2.29. The summed E-state index contributed by atoms with van der Waals surface area (Å²) in [6.45, 7) is 2.58. The third kappa shape index (κ3) is 3.36. The van der Waals surface area contributed by atoms with Gasteiger partial charge in [0.1, 0.15) is 11.0 Å². The molecular formula is C18H22N6O3. The number of carboxylic acid groups (broad SMARTS) is 1. The fourth-order valence-electron chi connectivity index (χ4n) is 3.77. The summed E-state index contributed by atoms with van der Waals surface area (Å²) >= 11 is 0. The lowest BCUT2D eigenvalue weighted by atomic mass is 10.0. The van der Waals surface area contributed by atoms with E-state index in [0.29, 0.717) is 22.6 Å². The molecule has 0 aliphatic heterocycles. The van der Waals surface area contributed by atoms with E-state index in [1.807, 2.05) is 11.6 Å². The van der Waals surface area contributed by atoms with Crippen LogP contribution in [0.5, 0.6) is 5.88 Å². The van der Waals surface area contributed by atoms with Gasteiger partial charge in [0.2, 0.25) is 5.88 Å². The van der Waals surface area contributed by atoms with E-state index in [0.717, 1.165) is 6.54 Å². The molecule has 0 spiro atoms. The van der Waals surface area contributed by atoms with Crippen molar-refractivity contribution in [3.8, 4) is 11.8 Å². The molecule has 0 saturated heterocycles. The van der Waals surface area contributed by atoms with Gasteiger partial charge in [-0.05, 0) is 25.7 Å². The molecule has 1 aliphatic carbocycles. The zero-order valence-corrected chi connectivity index (χ0v) is 15.2. The maximum absolute atomic E-state index is 11.0. The summed E-state index contributed by atoms with van der Waals surface area (Å²) in [7, 11) is 0. The number of rotatable bonds is 4. The number of carboxylic acids is 1. The van der Waals surface area contributed by atoms with Crippen molar-refractivity contribution in [1.29, 1.82) is 0 Å². The Morgan fingerprint density at radius 2 is 1.96 bits per heavy atom. The first-order valence-electron chi connectivity index (χ1n) is 9.25. The van der Waals surface area contributed by atoms with Gasteiger partial charge in [-0.15, -0.1) is 0 Å². The Kier molecular flexibility index (Phi) is 4.51. The van der Waals surface area contributed by atoms with E-state index in [4.69, 9.17) is 5.11 Å². The summed E-state index contributed by atoms with van der Waals surface area (Å²) in [5, 5.41) is 28.1. The molecule has 0 atom stereocenters. The Bertz CT molecular complexity index is 985. The van der Waals surface area contributed by atoms with Crippen molar-refractivity contribution in [3.63, 3.8) is 0 Å². The van der Waals surface area contributed by atoms with E-state index < -0.39 is 5.97 Å². The zero-order valence-electron chi connectivity index (χ0n) is 15.2. The molecule has 142 valence electrons. The van der Waals surface area contributed by atoms with Gasteiger partial charge >= 0.3 is 5.97 Å². The Morgan fingerprint density at radius 3 is 2.63 bits per heavy atom. The molecule has 0 amide bonds. The summed E-state index contributed by atoms with van der Waals surface area (Å²) in [4.78, 5) is 19.6. The zero-order chi connectivity index (χ0) is 19.0. The molecule has 3 aromatic heterocycles. The summed E-state index contributed by atoms with van der Waals surface area (Å²) in [6, 6.07) is 0. The molecule has 0 aromatic carbocycles. The van der Waals surface area contributed by atoms with Gasteiger partial charge in [-0.3, -0.25) is 4.68 Å². The van der Waals surface area contributed by atoms with Crippen LogP contribution in [0.4, 0.5) is 0 Å². The predicted octanol–water partition coefficient (Wildman–Crippen LogP) is 2.69. The Balaban J connectivity index is 1.70. The van der Waals surface area contributed by atoms with Gasteiger partial charge < -0.3 is 10.2 Å². The minimum absolute atomic E-state index is 0.0268. The van der Waals surface area contributed by atoms with E-state index in [9.17, 15) is 9.90 Å². The van der Waals surface area contributed by atoms with Gasteiger partial charge in [0, 0.05) is 12.7 Å². The van der Waals surface area contributed by atoms with Crippen molar-refractivity contribution in [2.24, 2.45) is 5.92 Å². The molecule has 3 aromatic rings. The fourth-order valence-corrected chi connectivity index (χ4v) is 3.77. The second-order valence-electron chi connectivity index (χ2n) is 7.15. The highest BCUT2D eigenvalue weighted by atomic mass is 16.4. The first-order valence-corrected chi connectivity index (χ1v) is 9.25. The maximum Gasteiger partial charge on any atom is 0.338 e. The minimum Gasteiger partial charge on any atom is -0.492 e. The topological polar surface area (TPSA) is 119 Å². The van der Waals surface area contributed by atoms with Crippen molar-refractivity contribution in [3.05, 3.63) is 23.7 Å². The number of aromatic hydroxyl groups is 1. The number of carbonyl (C=O) groups is 1. The van der Waals surface area contributed by atoms with Crippen LogP contribution in [0.2, 0.25) is 0 Å². The second kappa shape index (κ2) is 6.98. The summed E-state index contributed by atoms with van der Waals surface area (Å²) in [6.07, 6.45) is 9.92. The molecule has 0 radical (unpaired) electrons. The molecule has 4 rings (SSSR count). The Hall–Kier alpha value is -2.97. The van der Waals surface area contributed by atoms with Crippen molar-refractivity contribution >= 4 is 17.0 Å². The highest BCUT2D eigenvalue weighted by Gasteiger charge is 2.21. The van der Waals surface area contributed by atoms with Gasteiger partial charge in [-0.25, -0.2) is 14.5 Å². The second-order valence-corrected chi connectivity index (χ2v) is 7.15. The summed E-state index contributed by atoms with van der Waals surface area (Å²) < 4.78 is 3.05. The lowest BCUT2D eigenvalue weighted by Gasteiger charge is -2.14. The van der Waals surface area contributed by atoms with Crippen LogP contribution >= 0.6 is 0 Å². The molecule has 1 saturated carbocycles. The number of nitrogens with zero attached hydrogens (tertiary/aromatic N) is 6. The van der Waals surface area contributed by atoms with Crippen LogP contribution in [-0.2, 0) is 6.54 Å². The van der Waals surface area contributed by atoms with Gasteiger partial charge in [0.25, 0.3) is 5.95 Å². The molecule has 0 unspecified atom stereocenters. The molecule has 1 aliphatic rings. The van der Waals surface area contributed by atoms with E-state index >= 15 is 0 Å². The molecule has 1 fully saturated rings. The van der Waals surface area contributed by atoms with Crippen LogP contribution in [0, 0.1) is 12.8 Å². The number of hydrogen-bond acceptors (Lipinski definition) is 6. The minimum atomic E-state index is -1.08. The largest absolute Gasteiger partial charge is 0.492 e. The number of aryl methyl sites for hydroxylation is 1. The van der Waals surface area contributed by atoms with Crippen molar-refractivity contribution in [2.45, 2.75) is 52.0 Å². The van der Waals surface area contributed by atoms with Gasteiger partial charge in [0.05, 0.1) is 17.5 Å². The van der Waals surface area contributed by atoms with E-state index in [1.165, 1.54) is 55.6 Å². The highest BCUT2D eigenvalue weighted by molar-refractivity contribution is 5.87. The number of hydrogen-bond donors (Lipinski definition) is 2. The normalized spacial score (nSPS) is 15.9. The van der Waals surface area contributed by atoms with E-state index in [1.54, 1.807) is 0 Å². The van der Waals surface area contributed by atoms with Crippen LogP contribution in [0.3, 0.4) is 0 Å². The van der Waals surface area contributed by atoms with Gasteiger partial charge in [-0.2, -0.15) is 15.2 Å². The van der Waals surface area contributed by atoms with Gasteiger partial charge in [0.15, 0.2) is 0 Å². The summed E-state index contributed by atoms with van der Waals surface area (Å²) in [5.41, 5.74) is 1.80. The molecule has 9 heteroatoms. The van der Waals surface area contributed by atoms with Crippen LogP contribution in [0.1, 0.15) is 54.6 Å². The number of fused-ring (bicyclic) bond motifs is 1. The average Bonchev–Trinajstić information content (AvgIpc) is 3.15. The van der Waals surface area contributed by atoms with Crippen LogP contribution in [0.25, 0.3) is 17.0 Å². The first kappa shape index (κ1) is 17.4. The Morgan fingerprint density at radius 1 is 1.22 bits per heavy atom. The van der Waals surface area contributed by atoms with Crippen LogP contribution < -0.4 is 0 Å². The SMILES string of the molecule is Cc1nn(CC2CCCCCC2)c2c(O)nc(-n3cc(C(=O)O)cn3)nc12. The van der Waals surface area contributed by atoms with Gasteiger partial charge in [-0.1, -0.05) is 25.7 Å². The maximum atomic E-state index is 11.0. The number of aromatic nitrogens is 6. The van der Waals surface area contributed by atoms with Crippen molar-refractivity contribution < 1.29 is 15.0 Å². The molecule has 0 bridgehead atoms. The molecule has 27 heavy (non-hydrogen) atoms. The first-order chi connectivity index (χ1) is 13.0. The quantitative estimate of drug-likeness (QED) is 0.678. The fraction of sp³-hybridized carbons (Fsp3) is 0.500. The smallest absolute Gasteiger partial charge is 0.338 e. The van der Waals surface area contributed by atoms with Crippen LogP contribution in [0.15, 0.2) is 12.4 Å². The standard InChI is InChI=1S/C18H22N6O3/c1-11-14-15(23(22-11)9-12-6-4-2-3-5-7-12)16(25)21-18(20-14)24-10-13(8-19-24)17(26)27/h8,10,12H,2-7,9H2,1H3,(H,26,27)(H,20,21,25). The van der Waals surface area contributed by atoms with E-state index in [-0.39, 0.29) is 17.4 Å². The lowest BCUT2D eigenvalue weighted by molar-refractivity contribution is 0.0697. The number of aromatic carboxylic acids is 1. The monoisotopic (exact) mass is 370 g/mol. The average molecular weight is 370 g/mol. The molecule has 2 N–H and O–H groups in total. The van der Waals surface area contributed by atoms with Crippen molar-refractivity contribution in [1.82, 2.24) is 29.5 Å². The van der Waals surface area contributed by atoms with E-state index in [2.05, 4.69) is 20.2 Å². The molecule has 3 heterocycles. The predicted molar refractivity (Wildman–Crippen MR) is 97.0 cm³/mol. The third-order valence-corrected chi connectivity index (χ3v) is 5.17. The van der Waals surface area contributed by atoms with Crippen LogP contribution in [-0.4, -0.2) is 45.7 Å². The Labute approximate surface area is 155 Å².